The molecule has 2 aromatic heterocycles. The molecule has 2 N–H and O–H groups in total. The van der Waals surface area contributed by atoms with Gasteiger partial charge < -0.3 is 19.6 Å². The van der Waals surface area contributed by atoms with Crippen molar-refractivity contribution in [3.63, 3.8) is 0 Å². The highest BCUT2D eigenvalue weighted by molar-refractivity contribution is 7.18. The van der Waals surface area contributed by atoms with Crippen molar-refractivity contribution < 1.29 is 14.6 Å². The number of aliphatic hydroxyl groups excluding tert-OH is 1. The van der Waals surface area contributed by atoms with E-state index >= 15 is 0 Å². The van der Waals surface area contributed by atoms with Crippen molar-refractivity contribution in [3.05, 3.63) is 51.4 Å². The second-order valence-corrected chi connectivity index (χ2v) is 8.57. The molecule has 7 nitrogen and oxygen atoms in total. The fourth-order valence-corrected chi connectivity index (χ4v) is 4.14. The summed E-state index contributed by atoms with van der Waals surface area (Å²) in [7, 11) is 1.61. The average Bonchev–Trinajstić information content (AvgIpc) is 3.17. The minimum atomic E-state index is -0.670. The summed E-state index contributed by atoms with van der Waals surface area (Å²) in [5.41, 5.74) is -0.113. The number of nitrogens with one attached hydrogen (secondary N) is 1. The van der Waals surface area contributed by atoms with Gasteiger partial charge in [0.15, 0.2) is 0 Å². The minimum Gasteiger partial charge on any atom is -0.497 e. The summed E-state index contributed by atoms with van der Waals surface area (Å²) in [6.45, 7) is 7.97. The molecule has 0 amide bonds. The van der Waals surface area contributed by atoms with Gasteiger partial charge >= 0.3 is 0 Å². The zero-order chi connectivity index (χ0) is 21.7. The summed E-state index contributed by atoms with van der Waals surface area (Å²) in [5.74, 6) is 2.40. The lowest BCUT2D eigenvalue weighted by Gasteiger charge is -2.23. The Hall–Kier alpha value is -2.42. The van der Waals surface area contributed by atoms with Crippen LogP contribution in [0.1, 0.15) is 37.4 Å². The van der Waals surface area contributed by atoms with Crippen LogP contribution < -0.4 is 15.0 Å². The third kappa shape index (κ3) is 5.59. The molecule has 1 unspecified atom stereocenters. The molecule has 0 aliphatic heterocycles. The van der Waals surface area contributed by atoms with Gasteiger partial charge in [0, 0.05) is 11.4 Å². The first kappa shape index (κ1) is 22.3. The summed E-state index contributed by atoms with van der Waals surface area (Å²) >= 11 is 1.56. The van der Waals surface area contributed by atoms with Gasteiger partial charge in [-0.05, 0) is 42.8 Å². The predicted molar refractivity (Wildman–Crippen MR) is 120 cm³/mol. The number of fused-ring (bicyclic) bond motifs is 1. The van der Waals surface area contributed by atoms with E-state index in [4.69, 9.17) is 9.47 Å². The number of benzene rings is 1. The highest BCUT2D eigenvalue weighted by Crippen LogP contribution is 2.27. The van der Waals surface area contributed by atoms with E-state index in [0.29, 0.717) is 42.5 Å². The highest BCUT2D eigenvalue weighted by Gasteiger charge is 2.15. The zero-order valence-corrected chi connectivity index (χ0v) is 18.7. The van der Waals surface area contributed by atoms with Crippen molar-refractivity contribution in [2.45, 2.75) is 39.3 Å². The number of thiophene rings is 1. The highest BCUT2D eigenvalue weighted by atomic mass is 32.1. The van der Waals surface area contributed by atoms with Crippen molar-refractivity contribution in [1.29, 1.82) is 0 Å². The quantitative estimate of drug-likeness (QED) is 0.512. The van der Waals surface area contributed by atoms with Crippen molar-refractivity contribution in [3.8, 4) is 11.5 Å². The van der Waals surface area contributed by atoms with Gasteiger partial charge in [-0.1, -0.05) is 20.8 Å². The Labute approximate surface area is 180 Å². The lowest BCUT2D eigenvalue weighted by Crippen LogP contribution is -2.36. The van der Waals surface area contributed by atoms with E-state index < -0.39 is 6.10 Å². The predicted octanol–water partition coefficient (Wildman–Crippen LogP) is 3.38. The Balaban J connectivity index is 1.60. The van der Waals surface area contributed by atoms with E-state index in [9.17, 15) is 9.90 Å². The van der Waals surface area contributed by atoms with Gasteiger partial charge in [-0.15, -0.1) is 11.3 Å². The Morgan fingerprint density at radius 3 is 2.57 bits per heavy atom. The first-order valence-corrected chi connectivity index (χ1v) is 10.9. The van der Waals surface area contributed by atoms with Crippen molar-refractivity contribution in [1.82, 2.24) is 14.9 Å². The summed E-state index contributed by atoms with van der Waals surface area (Å²) in [4.78, 5) is 23.9. The molecule has 0 bridgehead atoms. The van der Waals surface area contributed by atoms with Crippen LogP contribution in [0.2, 0.25) is 0 Å². The molecule has 3 rings (SSSR count). The van der Waals surface area contributed by atoms with Crippen molar-refractivity contribution >= 4 is 21.6 Å². The van der Waals surface area contributed by atoms with Crippen LogP contribution in [0.4, 0.5) is 0 Å². The molecular formula is C22H29N3O4S. The average molecular weight is 432 g/mol. The SMILES string of the molecule is CCN(Cc1nc2sc(C(C)C)cc2c(=O)[nH]1)CC(O)COc1ccc(OC)cc1. The number of nitrogens with zero attached hydrogens (tertiary/aromatic N) is 2. The molecule has 1 aromatic carbocycles. The Morgan fingerprint density at radius 1 is 1.23 bits per heavy atom. The van der Waals surface area contributed by atoms with Crippen LogP contribution in [-0.2, 0) is 6.54 Å². The maximum Gasteiger partial charge on any atom is 0.259 e. The lowest BCUT2D eigenvalue weighted by atomic mass is 10.2. The number of aromatic amines is 1. The van der Waals surface area contributed by atoms with Crippen LogP contribution in [0.15, 0.2) is 35.1 Å². The molecule has 0 saturated heterocycles. The smallest absolute Gasteiger partial charge is 0.259 e. The summed E-state index contributed by atoms with van der Waals surface area (Å²) in [6.07, 6.45) is -0.670. The number of aliphatic hydroxyl groups is 1. The molecule has 0 spiro atoms. The van der Waals surface area contributed by atoms with E-state index in [1.807, 2.05) is 30.0 Å². The number of H-pyrrole nitrogens is 1. The van der Waals surface area contributed by atoms with Gasteiger partial charge in [-0.3, -0.25) is 9.69 Å². The van der Waals surface area contributed by atoms with E-state index in [1.165, 1.54) is 0 Å². The zero-order valence-electron chi connectivity index (χ0n) is 17.8. The van der Waals surface area contributed by atoms with Gasteiger partial charge in [0.25, 0.3) is 5.56 Å². The molecular weight excluding hydrogens is 402 g/mol. The maximum atomic E-state index is 12.4. The van der Waals surface area contributed by atoms with Crippen molar-refractivity contribution in [2.24, 2.45) is 0 Å². The summed E-state index contributed by atoms with van der Waals surface area (Å²) in [6, 6.07) is 9.16. The number of methoxy groups -OCH3 is 1. The van der Waals surface area contributed by atoms with Gasteiger partial charge in [0.05, 0.1) is 19.0 Å². The van der Waals surface area contributed by atoms with Gasteiger partial charge in [0.2, 0.25) is 0 Å². The molecule has 8 heteroatoms. The Kier molecular flexibility index (Phi) is 7.47. The number of hydrogen-bond donors (Lipinski definition) is 2. The third-order valence-corrected chi connectivity index (χ3v) is 6.16. The molecule has 0 aliphatic rings. The second kappa shape index (κ2) is 10.1. The number of aromatic nitrogens is 2. The molecule has 0 radical (unpaired) electrons. The van der Waals surface area contributed by atoms with Gasteiger partial charge in [0.1, 0.15) is 34.9 Å². The fourth-order valence-electron chi connectivity index (χ4n) is 3.09. The molecule has 30 heavy (non-hydrogen) atoms. The Morgan fingerprint density at radius 2 is 1.93 bits per heavy atom. The molecule has 1 atom stereocenters. The molecule has 3 aromatic rings. The molecule has 0 saturated carbocycles. The first-order chi connectivity index (χ1) is 14.4. The molecule has 2 heterocycles. The van der Waals surface area contributed by atoms with Crippen LogP contribution in [0.3, 0.4) is 0 Å². The van der Waals surface area contributed by atoms with E-state index in [-0.39, 0.29) is 12.2 Å². The number of rotatable bonds is 10. The van der Waals surface area contributed by atoms with Crippen LogP contribution in [-0.4, -0.2) is 52.9 Å². The van der Waals surface area contributed by atoms with E-state index in [1.54, 1.807) is 30.6 Å². The standard InChI is InChI=1S/C22H29N3O4S/c1-5-25(11-15(26)13-29-17-8-6-16(28-4)7-9-17)12-20-23-21(27)18-10-19(14(2)3)30-22(18)24-20/h6-10,14-15,26H,5,11-13H2,1-4H3,(H,23,24,27). The van der Waals surface area contributed by atoms with Crippen LogP contribution in [0.5, 0.6) is 11.5 Å². The summed E-state index contributed by atoms with van der Waals surface area (Å²) < 4.78 is 10.8. The maximum absolute atomic E-state index is 12.4. The minimum absolute atomic E-state index is 0.113. The largest absolute Gasteiger partial charge is 0.497 e. The number of likely N-dealkylation sites (N-methyl/N-ethyl adjacent to an activating group) is 1. The monoisotopic (exact) mass is 431 g/mol. The van der Waals surface area contributed by atoms with Gasteiger partial charge in [-0.25, -0.2) is 4.98 Å². The van der Waals surface area contributed by atoms with Gasteiger partial charge in [-0.2, -0.15) is 0 Å². The van der Waals surface area contributed by atoms with Crippen LogP contribution >= 0.6 is 11.3 Å². The van der Waals surface area contributed by atoms with Crippen molar-refractivity contribution in [2.75, 3.05) is 26.8 Å². The Bertz CT molecular complexity index is 1010. The van der Waals surface area contributed by atoms with Crippen LogP contribution in [0, 0.1) is 0 Å². The number of ether oxygens (including phenoxy) is 2. The third-order valence-electron chi connectivity index (χ3n) is 4.83. The second-order valence-electron chi connectivity index (χ2n) is 7.50. The molecule has 162 valence electrons. The molecule has 0 aliphatic carbocycles. The lowest BCUT2D eigenvalue weighted by molar-refractivity contribution is 0.0666. The summed E-state index contributed by atoms with van der Waals surface area (Å²) in [5, 5.41) is 11.0. The van der Waals surface area contributed by atoms with E-state index in [0.717, 1.165) is 15.5 Å². The van der Waals surface area contributed by atoms with E-state index in [2.05, 4.69) is 23.8 Å². The first-order valence-electron chi connectivity index (χ1n) is 10.1. The normalized spacial score (nSPS) is 12.6. The van der Waals surface area contributed by atoms with Crippen LogP contribution in [0.25, 0.3) is 10.2 Å². The fraction of sp³-hybridized carbons (Fsp3) is 0.455. The molecule has 0 fully saturated rings. The topological polar surface area (TPSA) is 87.7 Å². The number of hydrogen-bond acceptors (Lipinski definition) is 7.